The van der Waals surface area contributed by atoms with Crippen LogP contribution in [0.2, 0.25) is 0 Å². The average molecular weight is 433 g/mol. The Kier molecular flexibility index (Phi) is 5.30. The standard InChI is InChI=1S/C16H18F3N5O4S/c1-11-20-10-15(21(11)2)29(27,28)23-7-5-22(6-8-23)13-4-3-12(16(17,18)19)9-14(13)24(25)26/h3-4,9-10H,5-8H2,1-2H3. The van der Waals surface area contributed by atoms with Crippen molar-refractivity contribution in [1.82, 2.24) is 13.9 Å². The van der Waals surface area contributed by atoms with Gasteiger partial charge in [-0.15, -0.1) is 0 Å². The van der Waals surface area contributed by atoms with Crippen LogP contribution >= 0.6 is 0 Å². The number of nitro groups is 1. The van der Waals surface area contributed by atoms with E-state index in [1.54, 1.807) is 14.0 Å². The first-order valence-corrected chi connectivity index (χ1v) is 9.96. The molecule has 0 saturated carbocycles. The smallest absolute Gasteiger partial charge is 0.363 e. The molecule has 0 spiro atoms. The molecule has 1 aromatic carbocycles. The quantitative estimate of drug-likeness (QED) is 0.541. The van der Waals surface area contributed by atoms with Gasteiger partial charge in [0.2, 0.25) is 0 Å². The number of piperazine rings is 1. The third-order valence-electron chi connectivity index (χ3n) is 4.86. The molecule has 2 aromatic rings. The van der Waals surface area contributed by atoms with E-state index in [1.807, 2.05) is 0 Å². The van der Waals surface area contributed by atoms with Gasteiger partial charge in [0.25, 0.3) is 15.7 Å². The van der Waals surface area contributed by atoms with Crippen molar-refractivity contribution in [1.29, 1.82) is 0 Å². The van der Waals surface area contributed by atoms with Crippen LogP contribution < -0.4 is 4.90 Å². The Balaban J connectivity index is 1.82. The largest absolute Gasteiger partial charge is 0.416 e. The molecule has 3 rings (SSSR count). The van der Waals surface area contributed by atoms with Gasteiger partial charge in [-0.3, -0.25) is 10.1 Å². The molecule has 158 valence electrons. The minimum Gasteiger partial charge on any atom is -0.363 e. The molecule has 1 aromatic heterocycles. The molecular weight excluding hydrogens is 415 g/mol. The topological polar surface area (TPSA) is 102 Å². The molecule has 0 bridgehead atoms. The molecule has 13 heteroatoms. The van der Waals surface area contributed by atoms with E-state index < -0.39 is 32.4 Å². The van der Waals surface area contributed by atoms with E-state index in [4.69, 9.17) is 0 Å². The van der Waals surface area contributed by atoms with Crippen LogP contribution in [0.1, 0.15) is 11.4 Å². The highest BCUT2D eigenvalue weighted by Crippen LogP contribution is 2.37. The first-order valence-electron chi connectivity index (χ1n) is 8.52. The Bertz CT molecular complexity index is 1040. The molecule has 0 amide bonds. The Hall–Kier alpha value is -2.67. The van der Waals surface area contributed by atoms with Crippen LogP contribution in [0.4, 0.5) is 24.5 Å². The number of aryl methyl sites for hydroxylation is 1. The third kappa shape index (κ3) is 3.92. The number of hydrogen-bond donors (Lipinski definition) is 0. The predicted molar refractivity (Wildman–Crippen MR) is 97.0 cm³/mol. The highest BCUT2D eigenvalue weighted by molar-refractivity contribution is 7.89. The van der Waals surface area contributed by atoms with Crippen molar-refractivity contribution >= 4 is 21.4 Å². The minimum atomic E-state index is -4.70. The molecule has 29 heavy (non-hydrogen) atoms. The molecule has 0 aliphatic carbocycles. The molecule has 0 N–H and O–H groups in total. The molecular formula is C16H18F3N5O4S. The fourth-order valence-corrected chi connectivity index (χ4v) is 4.71. The van der Waals surface area contributed by atoms with Crippen molar-refractivity contribution in [2.75, 3.05) is 31.1 Å². The van der Waals surface area contributed by atoms with Gasteiger partial charge < -0.3 is 9.47 Å². The van der Waals surface area contributed by atoms with Gasteiger partial charge in [0.05, 0.1) is 16.7 Å². The van der Waals surface area contributed by atoms with Gasteiger partial charge in [0, 0.05) is 39.3 Å². The zero-order valence-electron chi connectivity index (χ0n) is 15.5. The maximum absolute atomic E-state index is 12.9. The van der Waals surface area contributed by atoms with Gasteiger partial charge >= 0.3 is 6.18 Å². The lowest BCUT2D eigenvalue weighted by molar-refractivity contribution is -0.384. The van der Waals surface area contributed by atoms with E-state index >= 15 is 0 Å². The Labute approximate surface area is 164 Å². The molecule has 0 unspecified atom stereocenters. The summed E-state index contributed by atoms with van der Waals surface area (Å²) in [6.07, 6.45) is -3.44. The molecule has 1 saturated heterocycles. The van der Waals surface area contributed by atoms with E-state index in [1.165, 1.54) is 20.0 Å². The normalized spacial score (nSPS) is 16.2. The summed E-state index contributed by atoms with van der Waals surface area (Å²) in [4.78, 5) is 15.9. The SMILES string of the molecule is Cc1ncc(S(=O)(=O)N2CCN(c3ccc(C(F)(F)F)cc3[N+](=O)[O-])CC2)n1C. The summed E-state index contributed by atoms with van der Waals surface area (Å²) in [5, 5.41) is 11.3. The monoisotopic (exact) mass is 433 g/mol. The zero-order chi connectivity index (χ0) is 21.6. The van der Waals surface area contributed by atoms with Crippen molar-refractivity contribution in [3.8, 4) is 0 Å². The predicted octanol–water partition coefficient (Wildman–Crippen LogP) is 2.17. The van der Waals surface area contributed by atoms with Crippen molar-refractivity contribution in [3.05, 3.63) is 45.9 Å². The van der Waals surface area contributed by atoms with Crippen molar-refractivity contribution in [2.45, 2.75) is 18.1 Å². The van der Waals surface area contributed by atoms with Crippen LogP contribution in [-0.4, -0.2) is 53.4 Å². The lowest BCUT2D eigenvalue weighted by atomic mass is 10.1. The first kappa shape index (κ1) is 21.0. The molecule has 0 atom stereocenters. The van der Waals surface area contributed by atoms with E-state index in [9.17, 15) is 31.7 Å². The number of nitrogens with zero attached hydrogens (tertiary/aromatic N) is 5. The number of rotatable bonds is 4. The lowest BCUT2D eigenvalue weighted by Crippen LogP contribution is -2.49. The summed E-state index contributed by atoms with van der Waals surface area (Å²) in [5.74, 6) is 0.530. The number of alkyl halides is 3. The number of halogens is 3. The Morgan fingerprint density at radius 1 is 1.17 bits per heavy atom. The average Bonchev–Trinajstić information content (AvgIpc) is 3.00. The van der Waals surface area contributed by atoms with Crippen molar-refractivity contribution in [3.63, 3.8) is 0 Å². The number of nitro benzene ring substituents is 1. The van der Waals surface area contributed by atoms with Gasteiger partial charge in [-0.25, -0.2) is 13.4 Å². The highest BCUT2D eigenvalue weighted by atomic mass is 32.2. The van der Waals surface area contributed by atoms with Crippen molar-refractivity contribution < 1.29 is 26.5 Å². The molecule has 0 radical (unpaired) electrons. The fourth-order valence-electron chi connectivity index (χ4n) is 3.14. The molecule has 1 aliphatic rings. The van der Waals surface area contributed by atoms with E-state index in [0.29, 0.717) is 11.9 Å². The lowest BCUT2D eigenvalue weighted by Gasteiger charge is -2.35. The van der Waals surface area contributed by atoms with E-state index in [2.05, 4.69) is 4.98 Å². The summed E-state index contributed by atoms with van der Waals surface area (Å²) >= 11 is 0. The van der Waals surface area contributed by atoms with Gasteiger partial charge in [-0.2, -0.15) is 17.5 Å². The highest BCUT2D eigenvalue weighted by Gasteiger charge is 2.36. The third-order valence-corrected chi connectivity index (χ3v) is 6.81. The number of sulfonamides is 1. The van der Waals surface area contributed by atoms with Gasteiger partial charge in [0.15, 0.2) is 5.03 Å². The zero-order valence-corrected chi connectivity index (χ0v) is 16.4. The van der Waals surface area contributed by atoms with Crippen LogP contribution in [-0.2, 0) is 23.2 Å². The van der Waals surface area contributed by atoms with Crippen LogP contribution in [0.15, 0.2) is 29.4 Å². The summed E-state index contributed by atoms with van der Waals surface area (Å²) in [6, 6.07) is 2.33. The Morgan fingerprint density at radius 3 is 2.28 bits per heavy atom. The second kappa shape index (κ2) is 7.30. The maximum Gasteiger partial charge on any atom is 0.416 e. The minimum absolute atomic E-state index is 0.0245. The van der Waals surface area contributed by atoms with Gasteiger partial charge in [-0.05, 0) is 19.1 Å². The summed E-state index contributed by atoms with van der Waals surface area (Å²) in [7, 11) is -2.23. The van der Waals surface area contributed by atoms with E-state index in [0.717, 1.165) is 12.1 Å². The van der Waals surface area contributed by atoms with Crippen LogP contribution in [0.5, 0.6) is 0 Å². The number of aromatic nitrogens is 2. The van der Waals surface area contributed by atoms with Crippen molar-refractivity contribution in [2.24, 2.45) is 7.05 Å². The summed E-state index contributed by atoms with van der Waals surface area (Å²) < 4.78 is 66.9. The van der Waals surface area contributed by atoms with Crippen LogP contribution in [0.25, 0.3) is 0 Å². The first-order chi connectivity index (χ1) is 13.4. The number of imidazole rings is 1. The molecule has 2 heterocycles. The number of anilines is 1. The molecule has 1 aliphatic heterocycles. The Morgan fingerprint density at radius 2 is 1.79 bits per heavy atom. The second-order valence-corrected chi connectivity index (χ2v) is 8.44. The second-order valence-electron chi connectivity index (χ2n) is 6.55. The number of hydrogen-bond acceptors (Lipinski definition) is 6. The molecule has 9 nitrogen and oxygen atoms in total. The fraction of sp³-hybridized carbons (Fsp3) is 0.438. The molecule has 1 fully saturated rings. The summed E-state index contributed by atoms with van der Waals surface area (Å²) in [5.41, 5.74) is -1.75. The van der Waals surface area contributed by atoms with Crippen LogP contribution in [0.3, 0.4) is 0 Å². The van der Waals surface area contributed by atoms with Gasteiger partial charge in [-0.1, -0.05) is 0 Å². The van der Waals surface area contributed by atoms with Crippen LogP contribution in [0, 0.1) is 17.0 Å². The summed E-state index contributed by atoms with van der Waals surface area (Å²) in [6.45, 7) is 1.93. The number of benzene rings is 1. The maximum atomic E-state index is 12.9. The van der Waals surface area contributed by atoms with Gasteiger partial charge in [0.1, 0.15) is 11.5 Å². The van der Waals surface area contributed by atoms with E-state index in [-0.39, 0.29) is 36.9 Å².